The van der Waals surface area contributed by atoms with E-state index in [2.05, 4.69) is 30.3 Å². The first kappa shape index (κ1) is 13.3. The maximum Gasteiger partial charge on any atom is 0.162 e. The van der Waals surface area contributed by atoms with Crippen molar-refractivity contribution in [1.29, 1.82) is 0 Å². The van der Waals surface area contributed by atoms with Crippen LogP contribution in [0, 0.1) is 0 Å². The Bertz CT molecular complexity index is 446. The summed E-state index contributed by atoms with van der Waals surface area (Å²) in [5.74, 6) is 1.71. The minimum Gasteiger partial charge on any atom is -0.486 e. The largest absolute Gasteiger partial charge is 0.486 e. The SMILES string of the molecule is C=C(C)CNCc1cc2c(cc1SC)OCCO2. The van der Waals surface area contributed by atoms with Crippen molar-refractivity contribution in [3.63, 3.8) is 0 Å². The topological polar surface area (TPSA) is 30.5 Å². The van der Waals surface area contributed by atoms with Crippen molar-refractivity contribution < 1.29 is 9.47 Å². The van der Waals surface area contributed by atoms with E-state index >= 15 is 0 Å². The van der Waals surface area contributed by atoms with Crippen molar-refractivity contribution in [2.45, 2.75) is 18.4 Å². The van der Waals surface area contributed by atoms with Crippen molar-refractivity contribution in [1.82, 2.24) is 5.32 Å². The van der Waals surface area contributed by atoms with E-state index in [4.69, 9.17) is 9.47 Å². The summed E-state index contributed by atoms with van der Waals surface area (Å²) in [7, 11) is 0. The number of benzene rings is 1. The predicted molar refractivity (Wildman–Crippen MR) is 75.7 cm³/mol. The lowest BCUT2D eigenvalue weighted by atomic mass is 10.2. The molecule has 0 saturated heterocycles. The fourth-order valence-electron chi connectivity index (χ4n) is 1.85. The van der Waals surface area contributed by atoms with Crippen molar-refractivity contribution in [2.75, 3.05) is 26.0 Å². The first-order chi connectivity index (χ1) is 8.70. The number of nitrogens with one attached hydrogen (secondary N) is 1. The quantitative estimate of drug-likeness (QED) is 0.655. The van der Waals surface area contributed by atoms with Crippen LogP contribution >= 0.6 is 11.8 Å². The molecule has 1 heterocycles. The number of rotatable bonds is 5. The molecule has 0 saturated carbocycles. The van der Waals surface area contributed by atoms with E-state index in [9.17, 15) is 0 Å². The Kier molecular flexibility index (Phi) is 4.55. The molecule has 1 N–H and O–H groups in total. The summed E-state index contributed by atoms with van der Waals surface area (Å²) in [6.07, 6.45) is 2.08. The monoisotopic (exact) mass is 265 g/mol. The predicted octanol–water partition coefficient (Wildman–Crippen LogP) is 2.85. The number of hydrogen-bond acceptors (Lipinski definition) is 4. The van der Waals surface area contributed by atoms with Crippen LogP contribution in [0.3, 0.4) is 0 Å². The van der Waals surface area contributed by atoms with Gasteiger partial charge in [-0.25, -0.2) is 0 Å². The van der Waals surface area contributed by atoms with E-state index < -0.39 is 0 Å². The average molecular weight is 265 g/mol. The molecule has 0 amide bonds. The molecule has 0 aliphatic carbocycles. The molecule has 1 aromatic carbocycles. The molecule has 0 bridgehead atoms. The Balaban J connectivity index is 2.14. The van der Waals surface area contributed by atoms with Gasteiger partial charge in [0.05, 0.1) is 0 Å². The molecule has 1 aliphatic heterocycles. The van der Waals surface area contributed by atoms with E-state index in [-0.39, 0.29) is 0 Å². The average Bonchev–Trinajstić information content (AvgIpc) is 2.37. The smallest absolute Gasteiger partial charge is 0.162 e. The van der Waals surface area contributed by atoms with Crippen molar-refractivity contribution >= 4 is 11.8 Å². The van der Waals surface area contributed by atoms with Gasteiger partial charge in [0.25, 0.3) is 0 Å². The molecule has 1 aliphatic rings. The highest BCUT2D eigenvalue weighted by atomic mass is 32.2. The van der Waals surface area contributed by atoms with Gasteiger partial charge in [0.1, 0.15) is 13.2 Å². The molecule has 1 aromatic rings. The van der Waals surface area contributed by atoms with Gasteiger partial charge in [0, 0.05) is 18.0 Å². The molecule has 0 spiro atoms. The van der Waals surface area contributed by atoms with Crippen LogP contribution in [0.2, 0.25) is 0 Å². The minimum atomic E-state index is 0.629. The molecule has 4 heteroatoms. The van der Waals surface area contributed by atoms with Crippen LogP contribution in [0.5, 0.6) is 11.5 Å². The molecule has 0 unspecified atom stereocenters. The summed E-state index contributed by atoms with van der Waals surface area (Å²) < 4.78 is 11.2. The fraction of sp³-hybridized carbons (Fsp3) is 0.429. The Morgan fingerprint density at radius 2 is 2.00 bits per heavy atom. The lowest BCUT2D eigenvalue weighted by Gasteiger charge is -2.21. The van der Waals surface area contributed by atoms with Gasteiger partial charge in [-0.3, -0.25) is 0 Å². The highest BCUT2D eigenvalue weighted by molar-refractivity contribution is 7.98. The molecule has 0 atom stereocenters. The van der Waals surface area contributed by atoms with Crippen LogP contribution in [-0.4, -0.2) is 26.0 Å². The molecule has 0 radical (unpaired) electrons. The summed E-state index contributed by atoms with van der Waals surface area (Å²) >= 11 is 1.73. The third-order valence-electron chi connectivity index (χ3n) is 2.69. The van der Waals surface area contributed by atoms with Gasteiger partial charge >= 0.3 is 0 Å². The number of fused-ring (bicyclic) bond motifs is 1. The van der Waals surface area contributed by atoms with E-state index in [1.54, 1.807) is 11.8 Å². The Hall–Kier alpha value is -1.13. The summed E-state index contributed by atoms with van der Waals surface area (Å²) in [6, 6.07) is 4.14. The third-order valence-corrected chi connectivity index (χ3v) is 3.51. The van der Waals surface area contributed by atoms with E-state index in [1.807, 2.05) is 6.92 Å². The number of ether oxygens (including phenoxy) is 2. The standard InChI is InChI=1S/C14H19NO2S/c1-10(2)8-15-9-11-6-12-13(7-14(11)18-3)17-5-4-16-12/h6-7,15H,1,4-5,8-9H2,2-3H3. The Labute approximate surface area is 113 Å². The second-order valence-corrected chi connectivity index (χ2v) is 5.22. The zero-order chi connectivity index (χ0) is 13.0. The van der Waals surface area contributed by atoms with Crippen LogP contribution in [-0.2, 0) is 6.54 Å². The second kappa shape index (κ2) is 6.16. The van der Waals surface area contributed by atoms with E-state index in [1.165, 1.54) is 10.5 Å². The van der Waals surface area contributed by atoms with Crippen molar-refractivity contribution in [2.24, 2.45) is 0 Å². The van der Waals surface area contributed by atoms with Crippen LogP contribution in [0.4, 0.5) is 0 Å². The van der Waals surface area contributed by atoms with Gasteiger partial charge in [0.15, 0.2) is 11.5 Å². The van der Waals surface area contributed by atoms with E-state index in [0.717, 1.165) is 30.2 Å². The summed E-state index contributed by atoms with van der Waals surface area (Å²) in [5, 5.41) is 3.37. The maximum atomic E-state index is 5.61. The van der Waals surface area contributed by atoms with E-state index in [0.29, 0.717) is 13.2 Å². The zero-order valence-corrected chi connectivity index (χ0v) is 11.7. The van der Waals surface area contributed by atoms with Crippen molar-refractivity contribution in [3.05, 3.63) is 29.8 Å². The maximum absolute atomic E-state index is 5.61. The lowest BCUT2D eigenvalue weighted by molar-refractivity contribution is 0.171. The molecule has 18 heavy (non-hydrogen) atoms. The molecule has 3 nitrogen and oxygen atoms in total. The fourth-order valence-corrected chi connectivity index (χ4v) is 2.47. The van der Waals surface area contributed by atoms with Gasteiger partial charge in [-0.05, 0) is 30.9 Å². The number of hydrogen-bond donors (Lipinski definition) is 1. The summed E-state index contributed by atoms with van der Waals surface area (Å²) in [6.45, 7) is 8.82. The summed E-state index contributed by atoms with van der Waals surface area (Å²) in [5.41, 5.74) is 2.38. The Morgan fingerprint density at radius 3 is 2.61 bits per heavy atom. The Morgan fingerprint density at radius 1 is 1.33 bits per heavy atom. The first-order valence-electron chi connectivity index (χ1n) is 6.02. The van der Waals surface area contributed by atoms with Crippen LogP contribution in [0.1, 0.15) is 12.5 Å². The van der Waals surface area contributed by atoms with Crippen LogP contribution < -0.4 is 14.8 Å². The van der Waals surface area contributed by atoms with Crippen LogP contribution in [0.15, 0.2) is 29.2 Å². The highest BCUT2D eigenvalue weighted by Gasteiger charge is 2.15. The second-order valence-electron chi connectivity index (χ2n) is 4.37. The van der Waals surface area contributed by atoms with Gasteiger partial charge in [-0.2, -0.15) is 0 Å². The molecular weight excluding hydrogens is 246 g/mol. The molecular formula is C14H19NO2S. The van der Waals surface area contributed by atoms with Gasteiger partial charge < -0.3 is 14.8 Å². The molecule has 0 fully saturated rings. The number of thioether (sulfide) groups is 1. The van der Waals surface area contributed by atoms with Crippen molar-refractivity contribution in [3.8, 4) is 11.5 Å². The lowest BCUT2D eigenvalue weighted by Crippen LogP contribution is -2.18. The van der Waals surface area contributed by atoms with Gasteiger partial charge in [-0.1, -0.05) is 12.2 Å². The van der Waals surface area contributed by atoms with Crippen LogP contribution in [0.25, 0.3) is 0 Å². The first-order valence-corrected chi connectivity index (χ1v) is 7.25. The normalized spacial score (nSPS) is 13.4. The third kappa shape index (κ3) is 3.21. The van der Waals surface area contributed by atoms with Gasteiger partial charge in [0.2, 0.25) is 0 Å². The van der Waals surface area contributed by atoms with Gasteiger partial charge in [-0.15, -0.1) is 11.8 Å². The highest BCUT2D eigenvalue weighted by Crippen LogP contribution is 2.36. The molecule has 0 aromatic heterocycles. The summed E-state index contributed by atoms with van der Waals surface area (Å²) in [4.78, 5) is 1.23. The minimum absolute atomic E-state index is 0.629. The molecule has 2 rings (SSSR count). The zero-order valence-electron chi connectivity index (χ0n) is 10.9. The molecule has 98 valence electrons.